The van der Waals surface area contributed by atoms with Crippen molar-refractivity contribution in [3.8, 4) is 5.75 Å². The van der Waals surface area contributed by atoms with Gasteiger partial charge in [0.15, 0.2) is 0 Å². The van der Waals surface area contributed by atoms with Gasteiger partial charge in [-0.2, -0.15) is 0 Å². The van der Waals surface area contributed by atoms with E-state index in [0.29, 0.717) is 24.4 Å². The van der Waals surface area contributed by atoms with Gasteiger partial charge in [0.1, 0.15) is 12.4 Å². The lowest BCUT2D eigenvalue weighted by molar-refractivity contribution is 0.0947. The van der Waals surface area contributed by atoms with Gasteiger partial charge in [0.05, 0.1) is 25.0 Å². The number of aryl methyl sites for hydroxylation is 2. The van der Waals surface area contributed by atoms with Gasteiger partial charge in [-0.15, -0.1) is 0 Å². The molecule has 7 heteroatoms. The van der Waals surface area contributed by atoms with Gasteiger partial charge in [-0.25, -0.2) is 8.42 Å². The number of nitrogens with zero attached hydrogens (tertiary/aromatic N) is 1. The second-order valence-corrected chi connectivity index (χ2v) is 12.0. The molecule has 0 bridgehead atoms. The number of sulfonamides is 1. The van der Waals surface area contributed by atoms with Crippen molar-refractivity contribution in [2.24, 2.45) is 0 Å². The van der Waals surface area contributed by atoms with Gasteiger partial charge in [0, 0.05) is 5.56 Å². The Morgan fingerprint density at radius 3 is 2.11 bits per heavy atom. The fourth-order valence-electron chi connectivity index (χ4n) is 3.69. The topological polar surface area (TPSA) is 75.7 Å². The maximum atomic E-state index is 12.5. The van der Waals surface area contributed by atoms with E-state index in [4.69, 9.17) is 4.74 Å². The van der Waals surface area contributed by atoms with Crippen LogP contribution in [-0.4, -0.2) is 33.7 Å². The van der Waals surface area contributed by atoms with Crippen LogP contribution in [0.1, 0.15) is 53.4 Å². The average Bonchev–Trinajstić information content (AvgIpc) is 2.81. The van der Waals surface area contributed by atoms with E-state index in [9.17, 15) is 13.2 Å². The second-order valence-electron chi connectivity index (χ2n) is 10.1. The number of carbonyl (C=O) groups is 1. The molecule has 0 radical (unpaired) electrons. The number of anilines is 1. The first kappa shape index (κ1) is 27.3. The molecule has 0 aromatic heterocycles. The monoisotopic (exact) mass is 508 g/mol. The lowest BCUT2D eigenvalue weighted by atomic mass is 9.87. The Bertz CT molecular complexity index is 1290. The van der Waals surface area contributed by atoms with E-state index < -0.39 is 10.0 Å². The summed E-state index contributed by atoms with van der Waals surface area (Å²) < 4.78 is 32.0. The summed E-state index contributed by atoms with van der Waals surface area (Å²) >= 11 is 0. The third-order valence-electron chi connectivity index (χ3n) is 6.10. The van der Waals surface area contributed by atoms with Crippen molar-refractivity contribution >= 4 is 21.6 Å². The number of ether oxygens (including phenoxy) is 1. The van der Waals surface area contributed by atoms with Crippen LogP contribution in [0, 0.1) is 13.8 Å². The minimum atomic E-state index is -3.48. The Labute approximate surface area is 215 Å². The average molecular weight is 509 g/mol. The Balaban J connectivity index is 1.55. The van der Waals surface area contributed by atoms with Crippen molar-refractivity contribution in [2.45, 2.75) is 46.6 Å². The standard InChI is InChI=1S/C29H36N2O4S/c1-21-7-14-26(19-22(21)2)31(36(6,33)34)20-23-8-10-24(11-9-23)28(32)30-17-18-35-27-15-12-25(13-16-27)29(3,4)5/h7-16,19H,17-18,20H2,1-6H3,(H,30,32). The molecule has 0 aliphatic heterocycles. The summed E-state index contributed by atoms with van der Waals surface area (Å²) in [6.45, 7) is 11.4. The highest BCUT2D eigenvalue weighted by Crippen LogP contribution is 2.25. The van der Waals surface area contributed by atoms with Crippen molar-refractivity contribution in [3.05, 3.63) is 94.5 Å². The Kier molecular flexibility index (Phi) is 8.46. The van der Waals surface area contributed by atoms with E-state index in [1.165, 1.54) is 16.1 Å². The summed E-state index contributed by atoms with van der Waals surface area (Å²) in [6, 6.07) is 20.6. The zero-order chi connectivity index (χ0) is 26.5. The van der Waals surface area contributed by atoms with Crippen molar-refractivity contribution in [2.75, 3.05) is 23.7 Å². The lowest BCUT2D eigenvalue weighted by Crippen LogP contribution is -2.29. The largest absolute Gasteiger partial charge is 0.492 e. The molecule has 0 unspecified atom stereocenters. The molecule has 0 saturated carbocycles. The highest BCUT2D eigenvalue weighted by atomic mass is 32.2. The summed E-state index contributed by atoms with van der Waals surface area (Å²) in [5, 5.41) is 2.86. The van der Waals surface area contributed by atoms with Gasteiger partial charge in [-0.1, -0.05) is 51.1 Å². The zero-order valence-electron chi connectivity index (χ0n) is 22.0. The molecule has 0 fully saturated rings. The molecule has 0 aliphatic rings. The molecular weight excluding hydrogens is 472 g/mol. The fourth-order valence-corrected chi connectivity index (χ4v) is 4.57. The summed E-state index contributed by atoms with van der Waals surface area (Å²) in [4.78, 5) is 12.5. The first-order valence-electron chi connectivity index (χ1n) is 12.0. The number of benzene rings is 3. The predicted molar refractivity (Wildman–Crippen MR) is 146 cm³/mol. The zero-order valence-corrected chi connectivity index (χ0v) is 22.8. The second kappa shape index (κ2) is 11.2. The van der Waals surface area contributed by atoms with Crippen LogP contribution in [0.15, 0.2) is 66.7 Å². The van der Waals surface area contributed by atoms with Crippen LogP contribution in [0.4, 0.5) is 5.69 Å². The molecule has 1 amide bonds. The molecule has 3 rings (SSSR count). The SMILES string of the molecule is Cc1ccc(N(Cc2ccc(C(=O)NCCOc3ccc(C(C)(C)C)cc3)cc2)S(C)(=O)=O)cc1C. The van der Waals surface area contributed by atoms with Gasteiger partial charge in [-0.05, 0) is 77.9 Å². The molecule has 6 nitrogen and oxygen atoms in total. The number of hydrogen-bond acceptors (Lipinski definition) is 4. The number of nitrogens with one attached hydrogen (secondary N) is 1. The van der Waals surface area contributed by atoms with E-state index >= 15 is 0 Å². The lowest BCUT2D eigenvalue weighted by Gasteiger charge is -2.23. The van der Waals surface area contributed by atoms with Crippen LogP contribution in [0.2, 0.25) is 0 Å². The van der Waals surface area contributed by atoms with E-state index in [1.807, 2.05) is 44.2 Å². The molecule has 192 valence electrons. The van der Waals surface area contributed by atoms with Gasteiger partial charge in [0.25, 0.3) is 5.91 Å². The highest BCUT2D eigenvalue weighted by Gasteiger charge is 2.19. The number of carbonyl (C=O) groups excluding carboxylic acids is 1. The normalized spacial score (nSPS) is 11.7. The number of rotatable bonds is 9. The van der Waals surface area contributed by atoms with Crippen LogP contribution >= 0.6 is 0 Å². The first-order chi connectivity index (χ1) is 16.8. The predicted octanol–water partition coefficient (Wildman–Crippen LogP) is 5.38. The molecule has 0 aliphatic carbocycles. The molecular formula is C29H36N2O4S. The molecule has 1 N–H and O–H groups in total. The Morgan fingerprint density at radius 2 is 1.56 bits per heavy atom. The van der Waals surface area contributed by atoms with Gasteiger partial charge in [-0.3, -0.25) is 9.10 Å². The molecule has 0 heterocycles. The Hall–Kier alpha value is -3.32. The van der Waals surface area contributed by atoms with E-state index in [0.717, 1.165) is 22.4 Å². The van der Waals surface area contributed by atoms with Crippen LogP contribution < -0.4 is 14.4 Å². The molecule has 0 spiro atoms. The quantitative estimate of drug-likeness (QED) is 0.394. The fraction of sp³-hybridized carbons (Fsp3) is 0.345. The van der Waals surface area contributed by atoms with Crippen molar-refractivity contribution in [1.82, 2.24) is 5.32 Å². The summed E-state index contributed by atoms with van der Waals surface area (Å²) in [5.74, 6) is 0.558. The van der Waals surface area contributed by atoms with Gasteiger partial charge in [0.2, 0.25) is 10.0 Å². The van der Waals surface area contributed by atoms with Crippen LogP contribution in [0.3, 0.4) is 0 Å². The molecule has 0 atom stereocenters. The first-order valence-corrected chi connectivity index (χ1v) is 13.8. The summed E-state index contributed by atoms with van der Waals surface area (Å²) in [6.07, 6.45) is 1.20. The van der Waals surface area contributed by atoms with Crippen molar-refractivity contribution in [1.29, 1.82) is 0 Å². The van der Waals surface area contributed by atoms with E-state index in [-0.39, 0.29) is 17.9 Å². The van der Waals surface area contributed by atoms with Gasteiger partial charge >= 0.3 is 0 Å². The molecule has 3 aromatic carbocycles. The van der Waals surface area contributed by atoms with Crippen LogP contribution in [-0.2, 0) is 22.0 Å². The third-order valence-corrected chi connectivity index (χ3v) is 7.24. The molecule has 3 aromatic rings. The maximum Gasteiger partial charge on any atom is 0.251 e. The van der Waals surface area contributed by atoms with Crippen molar-refractivity contribution in [3.63, 3.8) is 0 Å². The number of amides is 1. The highest BCUT2D eigenvalue weighted by molar-refractivity contribution is 7.92. The number of hydrogen-bond donors (Lipinski definition) is 1. The minimum absolute atomic E-state index is 0.0881. The van der Waals surface area contributed by atoms with Crippen molar-refractivity contribution < 1.29 is 17.9 Å². The van der Waals surface area contributed by atoms with Crippen LogP contribution in [0.5, 0.6) is 5.75 Å². The maximum absolute atomic E-state index is 12.5. The molecule has 36 heavy (non-hydrogen) atoms. The van der Waals surface area contributed by atoms with Gasteiger partial charge < -0.3 is 10.1 Å². The summed E-state index contributed by atoms with van der Waals surface area (Å²) in [5.41, 5.74) is 5.37. The molecule has 0 saturated heterocycles. The van der Waals surface area contributed by atoms with E-state index in [2.05, 4.69) is 38.2 Å². The summed E-state index contributed by atoms with van der Waals surface area (Å²) in [7, 11) is -3.48. The van der Waals surface area contributed by atoms with E-state index in [1.54, 1.807) is 24.3 Å². The smallest absolute Gasteiger partial charge is 0.251 e. The minimum Gasteiger partial charge on any atom is -0.492 e. The Morgan fingerprint density at radius 1 is 0.917 bits per heavy atom. The van der Waals surface area contributed by atoms with Crippen LogP contribution in [0.25, 0.3) is 0 Å². The third kappa shape index (κ3) is 7.34.